The van der Waals surface area contributed by atoms with Gasteiger partial charge in [-0.05, 0) is 49.3 Å². The molecule has 0 aromatic heterocycles. The summed E-state index contributed by atoms with van der Waals surface area (Å²) in [7, 11) is 1.65. The number of aryl methyl sites for hydroxylation is 1. The molecule has 5 heteroatoms. The Hall–Kier alpha value is -1.26. The molecule has 4 nitrogen and oxygen atoms in total. The van der Waals surface area contributed by atoms with Crippen LogP contribution in [0.1, 0.15) is 37.7 Å². The Balaban J connectivity index is 0.00000242. The van der Waals surface area contributed by atoms with Crippen LogP contribution in [0.4, 0.5) is 0 Å². The van der Waals surface area contributed by atoms with E-state index in [0.717, 1.165) is 37.1 Å². The molecule has 1 saturated carbocycles. The maximum absolute atomic E-state index is 11.9. The maximum atomic E-state index is 11.9. The van der Waals surface area contributed by atoms with Gasteiger partial charge in [0.2, 0.25) is 5.91 Å². The summed E-state index contributed by atoms with van der Waals surface area (Å²) in [6, 6.07) is 8.19. The first-order valence-electron chi connectivity index (χ1n) is 7.82. The molecule has 0 saturated heterocycles. The van der Waals surface area contributed by atoms with Gasteiger partial charge in [-0.2, -0.15) is 0 Å². The molecule has 0 bridgehead atoms. The zero-order chi connectivity index (χ0) is 15.1. The zero-order valence-electron chi connectivity index (χ0n) is 13.2. The monoisotopic (exact) mass is 326 g/mol. The van der Waals surface area contributed by atoms with Crippen molar-refractivity contribution in [2.45, 2.75) is 44.6 Å². The standard InChI is InChI=1S/C17H26N2O2.ClH/c1-21-16-8-5-13(6-9-16)7-10-17(20)19-12-14-3-2-4-15(18)11-14;/h5-6,8-9,14-15H,2-4,7,10-12,18H2,1H3,(H,19,20);1H. The van der Waals surface area contributed by atoms with Crippen molar-refractivity contribution in [1.82, 2.24) is 5.32 Å². The van der Waals surface area contributed by atoms with Crippen molar-refractivity contribution < 1.29 is 9.53 Å². The molecule has 1 aliphatic rings. The number of benzene rings is 1. The molecule has 0 spiro atoms. The minimum atomic E-state index is 0. The topological polar surface area (TPSA) is 64.3 Å². The summed E-state index contributed by atoms with van der Waals surface area (Å²) in [5.41, 5.74) is 7.12. The lowest BCUT2D eigenvalue weighted by atomic mass is 9.86. The smallest absolute Gasteiger partial charge is 0.220 e. The van der Waals surface area contributed by atoms with E-state index in [0.29, 0.717) is 18.4 Å². The lowest BCUT2D eigenvalue weighted by Crippen LogP contribution is -2.35. The van der Waals surface area contributed by atoms with Crippen LogP contribution in [0.25, 0.3) is 0 Å². The minimum Gasteiger partial charge on any atom is -0.497 e. The molecule has 0 aliphatic heterocycles. The van der Waals surface area contributed by atoms with E-state index in [2.05, 4.69) is 5.32 Å². The molecule has 1 aliphatic carbocycles. The SMILES string of the molecule is COc1ccc(CCC(=O)NCC2CCCC(N)C2)cc1.Cl. The summed E-state index contributed by atoms with van der Waals surface area (Å²) in [4.78, 5) is 11.9. The average molecular weight is 327 g/mol. The van der Waals surface area contributed by atoms with E-state index in [1.807, 2.05) is 24.3 Å². The molecule has 0 radical (unpaired) electrons. The number of halogens is 1. The van der Waals surface area contributed by atoms with Gasteiger partial charge in [0.05, 0.1) is 7.11 Å². The van der Waals surface area contributed by atoms with Crippen LogP contribution in [0, 0.1) is 5.92 Å². The second-order valence-electron chi connectivity index (χ2n) is 5.94. The van der Waals surface area contributed by atoms with E-state index in [4.69, 9.17) is 10.5 Å². The third-order valence-corrected chi connectivity index (χ3v) is 4.21. The summed E-state index contributed by atoms with van der Waals surface area (Å²) in [5, 5.41) is 3.05. The highest BCUT2D eigenvalue weighted by Crippen LogP contribution is 2.22. The normalized spacial score (nSPS) is 20.8. The van der Waals surface area contributed by atoms with Crippen LogP contribution >= 0.6 is 12.4 Å². The number of carbonyl (C=O) groups is 1. The van der Waals surface area contributed by atoms with Crippen molar-refractivity contribution >= 4 is 18.3 Å². The molecule has 1 aromatic carbocycles. The van der Waals surface area contributed by atoms with Gasteiger partial charge in [0.1, 0.15) is 5.75 Å². The first-order chi connectivity index (χ1) is 10.2. The fraction of sp³-hybridized carbons (Fsp3) is 0.588. The number of ether oxygens (including phenoxy) is 1. The highest BCUT2D eigenvalue weighted by molar-refractivity contribution is 5.85. The van der Waals surface area contributed by atoms with E-state index in [1.54, 1.807) is 7.11 Å². The Kier molecular flexibility index (Phi) is 8.28. The predicted octanol–water partition coefficient (Wildman–Crippen LogP) is 2.68. The van der Waals surface area contributed by atoms with Crippen molar-refractivity contribution in [2.75, 3.05) is 13.7 Å². The minimum absolute atomic E-state index is 0. The van der Waals surface area contributed by atoms with E-state index >= 15 is 0 Å². The summed E-state index contributed by atoms with van der Waals surface area (Å²) >= 11 is 0. The van der Waals surface area contributed by atoms with Crippen LogP contribution in [0.2, 0.25) is 0 Å². The van der Waals surface area contributed by atoms with Gasteiger partial charge >= 0.3 is 0 Å². The van der Waals surface area contributed by atoms with Crippen LogP contribution < -0.4 is 15.8 Å². The number of methoxy groups -OCH3 is 1. The predicted molar refractivity (Wildman–Crippen MR) is 91.5 cm³/mol. The first kappa shape index (κ1) is 18.8. The number of nitrogens with one attached hydrogen (secondary N) is 1. The zero-order valence-corrected chi connectivity index (χ0v) is 14.0. The van der Waals surface area contributed by atoms with Crippen LogP contribution in [0.15, 0.2) is 24.3 Å². The average Bonchev–Trinajstić information content (AvgIpc) is 2.51. The number of nitrogens with two attached hydrogens (primary N) is 1. The van der Waals surface area contributed by atoms with Crippen LogP contribution in [-0.4, -0.2) is 25.6 Å². The fourth-order valence-electron chi connectivity index (χ4n) is 2.91. The molecular weight excluding hydrogens is 300 g/mol. The second kappa shape index (κ2) is 9.70. The number of amides is 1. The van der Waals surface area contributed by atoms with Crippen LogP contribution in [0.5, 0.6) is 5.75 Å². The quantitative estimate of drug-likeness (QED) is 0.844. The maximum Gasteiger partial charge on any atom is 0.220 e. The molecule has 2 atom stereocenters. The van der Waals surface area contributed by atoms with Crippen molar-refractivity contribution in [2.24, 2.45) is 11.7 Å². The molecule has 1 aromatic rings. The number of hydrogen-bond donors (Lipinski definition) is 2. The van der Waals surface area contributed by atoms with Gasteiger partial charge in [-0.3, -0.25) is 4.79 Å². The van der Waals surface area contributed by atoms with E-state index in [1.165, 1.54) is 12.8 Å². The summed E-state index contributed by atoms with van der Waals surface area (Å²) in [6.45, 7) is 0.773. The lowest BCUT2D eigenvalue weighted by molar-refractivity contribution is -0.121. The number of rotatable bonds is 6. The van der Waals surface area contributed by atoms with Crippen molar-refractivity contribution in [3.8, 4) is 5.75 Å². The summed E-state index contributed by atoms with van der Waals surface area (Å²) in [5.74, 6) is 1.53. The third-order valence-electron chi connectivity index (χ3n) is 4.21. The number of carbonyl (C=O) groups excluding carboxylic acids is 1. The lowest BCUT2D eigenvalue weighted by Gasteiger charge is -2.26. The third kappa shape index (κ3) is 6.24. The van der Waals surface area contributed by atoms with E-state index < -0.39 is 0 Å². The molecule has 1 amide bonds. The number of hydrogen-bond acceptors (Lipinski definition) is 3. The largest absolute Gasteiger partial charge is 0.497 e. The van der Waals surface area contributed by atoms with Gasteiger partial charge in [-0.15, -0.1) is 12.4 Å². The molecule has 2 rings (SSSR count). The van der Waals surface area contributed by atoms with Crippen LogP contribution in [-0.2, 0) is 11.2 Å². The molecule has 3 N–H and O–H groups in total. The Bertz CT molecular complexity index is 450. The Morgan fingerprint density at radius 1 is 1.32 bits per heavy atom. The molecular formula is C17H27ClN2O2. The van der Waals surface area contributed by atoms with Crippen molar-refractivity contribution in [3.05, 3.63) is 29.8 Å². The van der Waals surface area contributed by atoms with Crippen molar-refractivity contribution in [3.63, 3.8) is 0 Å². The van der Waals surface area contributed by atoms with Gasteiger partial charge < -0.3 is 15.8 Å². The fourth-order valence-corrected chi connectivity index (χ4v) is 2.91. The highest BCUT2D eigenvalue weighted by atomic mass is 35.5. The Morgan fingerprint density at radius 3 is 2.68 bits per heavy atom. The van der Waals surface area contributed by atoms with E-state index in [-0.39, 0.29) is 18.3 Å². The molecule has 0 heterocycles. The van der Waals surface area contributed by atoms with Gasteiger partial charge in [-0.25, -0.2) is 0 Å². The highest BCUT2D eigenvalue weighted by Gasteiger charge is 2.19. The van der Waals surface area contributed by atoms with E-state index in [9.17, 15) is 4.79 Å². The molecule has 2 unspecified atom stereocenters. The van der Waals surface area contributed by atoms with Gasteiger partial charge in [-0.1, -0.05) is 18.6 Å². The van der Waals surface area contributed by atoms with Gasteiger partial charge in [0.25, 0.3) is 0 Å². The molecule has 22 heavy (non-hydrogen) atoms. The first-order valence-corrected chi connectivity index (χ1v) is 7.82. The van der Waals surface area contributed by atoms with Crippen LogP contribution in [0.3, 0.4) is 0 Å². The summed E-state index contributed by atoms with van der Waals surface area (Å²) in [6.07, 6.45) is 5.84. The summed E-state index contributed by atoms with van der Waals surface area (Å²) < 4.78 is 5.12. The Labute approximate surface area is 139 Å². The Morgan fingerprint density at radius 2 is 2.05 bits per heavy atom. The van der Waals surface area contributed by atoms with Gasteiger partial charge in [0, 0.05) is 19.0 Å². The second-order valence-corrected chi connectivity index (χ2v) is 5.94. The van der Waals surface area contributed by atoms with Crippen molar-refractivity contribution in [1.29, 1.82) is 0 Å². The molecule has 124 valence electrons. The molecule has 1 fully saturated rings. The van der Waals surface area contributed by atoms with Gasteiger partial charge in [0.15, 0.2) is 0 Å².